The van der Waals surface area contributed by atoms with E-state index in [0.717, 1.165) is 18.4 Å². The number of anilines is 1. The van der Waals surface area contributed by atoms with Crippen LogP contribution in [-0.4, -0.2) is 21.9 Å². The molecule has 0 saturated heterocycles. The van der Waals surface area contributed by atoms with Gasteiger partial charge < -0.3 is 10.6 Å². The summed E-state index contributed by atoms with van der Waals surface area (Å²) >= 11 is 5.89. The first-order chi connectivity index (χ1) is 12.2. The van der Waals surface area contributed by atoms with Crippen LogP contribution in [0.4, 0.5) is 5.82 Å². The standard InChI is InChI=1S/C19H23ClN4O/c20-15-9-7-14(8-10-15)12-21-18-11-17(22-13-23-18)19(25)24-16-5-3-1-2-4-6-16/h7-11,13,16H,1-6,12H2,(H,24,25)(H,21,22,23). The lowest BCUT2D eigenvalue weighted by Crippen LogP contribution is -2.34. The highest BCUT2D eigenvalue weighted by Gasteiger charge is 2.17. The van der Waals surface area contributed by atoms with Gasteiger partial charge in [0.25, 0.3) is 5.91 Å². The van der Waals surface area contributed by atoms with Crippen LogP contribution in [0.15, 0.2) is 36.7 Å². The SMILES string of the molecule is O=C(NC1CCCCCC1)c1cc(NCc2ccc(Cl)cc2)ncn1. The van der Waals surface area contributed by atoms with Gasteiger partial charge in [0, 0.05) is 23.7 Å². The second kappa shape index (κ2) is 8.81. The number of aromatic nitrogens is 2. The van der Waals surface area contributed by atoms with Crippen LogP contribution in [0.1, 0.15) is 54.6 Å². The van der Waals surface area contributed by atoms with E-state index in [9.17, 15) is 4.79 Å². The summed E-state index contributed by atoms with van der Waals surface area (Å²) in [7, 11) is 0. The topological polar surface area (TPSA) is 66.9 Å². The van der Waals surface area contributed by atoms with Crippen molar-refractivity contribution in [3.05, 3.63) is 52.9 Å². The minimum absolute atomic E-state index is 0.121. The van der Waals surface area contributed by atoms with E-state index in [2.05, 4.69) is 20.6 Å². The molecule has 5 nitrogen and oxygen atoms in total. The van der Waals surface area contributed by atoms with E-state index in [1.54, 1.807) is 6.07 Å². The summed E-state index contributed by atoms with van der Waals surface area (Å²) in [6, 6.07) is 9.57. The van der Waals surface area contributed by atoms with E-state index < -0.39 is 0 Å². The molecule has 0 atom stereocenters. The summed E-state index contributed by atoms with van der Waals surface area (Å²) in [5, 5.41) is 7.04. The van der Waals surface area contributed by atoms with Gasteiger partial charge >= 0.3 is 0 Å². The normalized spacial score (nSPS) is 15.4. The Kier molecular flexibility index (Phi) is 6.23. The van der Waals surface area contributed by atoms with Gasteiger partial charge in [0.2, 0.25) is 0 Å². The molecule has 0 spiro atoms. The lowest BCUT2D eigenvalue weighted by molar-refractivity contribution is 0.0928. The maximum Gasteiger partial charge on any atom is 0.270 e. The number of rotatable bonds is 5. The van der Waals surface area contributed by atoms with Crippen molar-refractivity contribution >= 4 is 23.3 Å². The number of halogens is 1. The molecule has 2 aromatic rings. The van der Waals surface area contributed by atoms with Crippen molar-refractivity contribution in [2.75, 3.05) is 5.32 Å². The molecule has 1 amide bonds. The average Bonchev–Trinajstić information content (AvgIpc) is 2.90. The third-order valence-electron chi connectivity index (χ3n) is 4.48. The van der Waals surface area contributed by atoms with Crippen molar-refractivity contribution in [2.24, 2.45) is 0 Å². The van der Waals surface area contributed by atoms with Crippen LogP contribution in [0.5, 0.6) is 0 Å². The Labute approximate surface area is 153 Å². The first-order valence-electron chi connectivity index (χ1n) is 8.82. The maximum absolute atomic E-state index is 12.4. The van der Waals surface area contributed by atoms with Crippen molar-refractivity contribution < 1.29 is 4.79 Å². The van der Waals surface area contributed by atoms with E-state index in [1.807, 2.05) is 24.3 Å². The first-order valence-corrected chi connectivity index (χ1v) is 9.20. The number of hydrogen-bond donors (Lipinski definition) is 2. The number of carbonyl (C=O) groups excluding carboxylic acids is 1. The lowest BCUT2D eigenvalue weighted by atomic mass is 10.1. The fourth-order valence-corrected chi connectivity index (χ4v) is 3.18. The van der Waals surface area contributed by atoms with Crippen molar-refractivity contribution in [1.29, 1.82) is 0 Å². The Morgan fingerprint density at radius 1 is 1.08 bits per heavy atom. The molecule has 0 aliphatic heterocycles. The second-order valence-electron chi connectivity index (χ2n) is 6.43. The predicted octanol–water partition coefficient (Wildman–Crippen LogP) is 4.19. The van der Waals surface area contributed by atoms with Crippen molar-refractivity contribution in [1.82, 2.24) is 15.3 Å². The summed E-state index contributed by atoms with van der Waals surface area (Å²) in [6.45, 7) is 0.609. The molecule has 1 fully saturated rings. The third-order valence-corrected chi connectivity index (χ3v) is 4.73. The van der Waals surface area contributed by atoms with E-state index in [0.29, 0.717) is 23.1 Å². The fourth-order valence-electron chi connectivity index (χ4n) is 3.06. The van der Waals surface area contributed by atoms with Crippen LogP contribution < -0.4 is 10.6 Å². The van der Waals surface area contributed by atoms with Gasteiger partial charge in [-0.15, -0.1) is 0 Å². The number of benzene rings is 1. The predicted molar refractivity (Wildman–Crippen MR) is 99.8 cm³/mol. The molecule has 1 aliphatic rings. The fraction of sp³-hybridized carbons (Fsp3) is 0.421. The monoisotopic (exact) mass is 358 g/mol. The highest BCUT2D eigenvalue weighted by atomic mass is 35.5. The van der Waals surface area contributed by atoms with Gasteiger partial charge in [-0.05, 0) is 30.5 Å². The second-order valence-corrected chi connectivity index (χ2v) is 6.87. The third kappa shape index (κ3) is 5.43. The summed E-state index contributed by atoms with van der Waals surface area (Å²) < 4.78 is 0. The van der Waals surface area contributed by atoms with E-state index in [-0.39, 0.29) is 11.9 Å². The van der Waals surface area contributed by atoms with E-state index >= 15 is 0 Å². The Morgan fingerprint density at radius 3 is 2.52 bits per heavy atom. The minimum atomic E-state index is -0.121. The number of hydrogen-bond acceptors (Lipinski definition) is 4. The number of nitrogens with zero attached hydrogens (tertiary/aromatic N) is 2. The zero-order valence-corrected chi connectivity index (χ0v) is 14.9. The Balaban J connectivity index is 1.58. The average molecular weight is 359 g/mol. The molecule has 132 valence electrons. The maximum atomic E-state index is 12.4. The minimum Gasteiger partial charge on any atom is -0.366 e. The van der Waals surface area contributed by atoms with Crippen LogP contribution in [0.2, 0.25) is 5.02 Å². The van der Waals surface area contributed by atoms with Crippen LogP contribution >= 0.6 is 11.6 Å². The van der Waals surface area contributed by atoms with Gasteiger partial charge in [0.15, 0.2) is 0 Å². The molecule has 2 N–H and O–H groups in total. The summed E-state index contributed by atoms with van der Waals surface area (Å²) in [6.07, 6.45) is 8.42. The molecular weight excluding hydrogens is 336 g/mol. The molecule has 6 heteroatoms. The first kappa shape index (κ1) is 17.7. The molecule has 0 bridgehead atoms. The van der Waals surface area contributed by atoms with Crippen LogP contribution in [-0.2, 0) is 6.54 Å². The quantitative estimate of drug-likeness (QED) is 0.786. The molecule has 0 radical (unpaired) electrons. The van der Waals surface area contributed by atoms with Crippen molar-refractivity contribution in [3.8, 4) is 0 Å². The van der Waals surface area contributed by atoms with Crippen LogP contribution in [0.25, 0.3) is 0 Å². The lowest BCUT2D eigenvalue weighted by Gasteiger charge is -2.16. The Bertz CT molecular complexity index is 697. The zero-order valence-electron chi connectivity index (χ0n) is 14.2. The van der Waals surface area contributed by atoms with Gasteiger partial charge in [-0.2, -0.15) is 0 Å². The van der Waals surface area contributed by atoms with Crippen molar-refractivity contribution in [2.45, 2.75) is 51.1 Å². The highest BCUT2D eigenvalue weighted by Crippen LogP contribution is 2.18. The Hall–Kier alpha value is -2.14. The molecule has 3 rings (SSSR count). The molecule has 25 heavy (non-hydrogen) atoms. The summed E-state index contributed by atoms with van der Waals surface area (Å²) in [4.78, 5) is 20.7. The highest BCUT2D eigenvalue weighted by molar-refractivity contribution is 6.30. The molecule has 1 aromatic carbocycles. The molecular formula is C19H23ClN4O. The van der Waals surface area contributed by atoms with Crippen molar-refractivity contribution in [3.63, 3.8) is 0 Å². The number of amides is 1. The van der Waals surface area contributed by atoms with Gasteiger partial charge in [-0.25, -0.2) is 9.97 Å². The summed E-state index contributed by atoms with van der Waals surface area (Å²) in [5.74, 6) is 0.514. The molecule has 1 heterocycles. The van der Waals surface area contributed by atoms with Gasteiger partial charge in [-0.1, -0.05) is 49.4 Å². The van der Waals surface area contributed by atoms with E-state index in [1.165, 1.54) is 32.0 Å². The van der Waals surface area contributed by atoms with Gasteiger partial charge in [0.05, 0.1) is 0 Å². The van der Waals surface area contributed by atoms with Crippen LogP contribution in [0, 0.1) is 0 Å². The zero-order chi connectivity index (χ0) is 17.5. The molecule has 1 aliphatic carbocycles. The van der Waals surface area contributed by atoms with Gasteiger partial charge in [-0.3, -0.25) is 4.79 Å². The number of nitrogens with one attached hydrogen (secondary N) is 2. The summed E-state index contributed by atoms with van der Waals surface area (Å²) in [5.41, 5.74) is 1.49. The molecule has 1 aromatic heterocycles. The van der Waals surface area contributed by atoms with Gasteiger partial charge in [0.1, 0.15) is 17.8 Å². The molecule has 0 unspecified atom stereocenters. The molecule has 1 saturated carbocycles. The Morgan fingerprint density at radius 2 is 1.80 bits per heavy atom. The van der Waals surface area contributed by atoms with Crippen LogP contribution in [0.3, 0.4) is 0 Å². The largest absolute Gasteiger partial charge is 0.366 e. The van der Waals surface area contributed by atoms with E-state index in [4.69, 9.17) is 11.6 Å². The smallest absolute Gasteiger partial charge is 0.270 e. The number of carbonyl (C=O) groups is 1.